The van der Waals surface area contributed by atoms with Crippen LogP contribution in [-0.2, 0) is 10.1 Å². The molecule has 68 valence electrons. The van der Waals surface area contributed by atoms with Gasteiger partial charge in [0.2, 0.25) is 0 Å². The Labute approximate surface area is 96.0 Å². The summed E-state index contributed by atoms with van der Waals surface area (Å²) in [6.45, 7) is 0. The summed E-state index contributed by atoms with van der Waals surface area (Å²) in [6.07, 6.45) is 5.35. The summed E-state index contributed by atoms with van der Waals surface area (Å²) in [5.41, 5.74) is 0. The van der Waals surface area contributed by atoms with E-state index in [0.29, 0.717) is 0 Å². The molecule has 5 heteroatoms. The number of hydrogen-bond acceptors (Lipinski definition) is 2. The van der Waals surface area contributed by atoms with Crippen molar-refractivity contribution in [2.24, 2.45) is 5.92 Å². The second-order valence-electron chi connectivity index (χ2n) is 3.25. The van der Waals surface area contributed by atoms with E-state index in [1.165, 1.54) is 6.42 Å². The zero-order valence-electron chi connectivity index (χ0n) is 6.49. The van der Waals surface area contributed by atoms with Crippen LogP contribution in [0.5, 0.6) is 0 Å². The molecule has 3 nitrogen and oxygen atoms in total. The van der Waals surface area contributed by atoms with E-state index < -0.39 is 10.1 Å². The standard InChI is InChI=1S/C7H14O3S.Na.H/c8-11(9,10)6-7-4-2-1-3-5-7;;/h7H,1-6H2,(H,8,9,10);;. The normalized spacial score (nSPS) is 20.1. The van der Waals surface area contributed by atoms with Gasteiger partial charge in [-0.1, -0.05) is 19.3 Å². The van der Waals surface area contributed by atoms with Gasteiger partial charge in [0.1, 0.15) is 0 Å². The monoisotopic (exact) mass is 202 g/mol. The van der Waals surface area contributed by atoms with Gasteiger partial charge in [0, 0.05) is 0 Å². The first kappa shape index (κ1) is 12.9. The molecule has 1 N–H and O–H groups in total. The molecule has 0 saturated heterocycles. The van der Waals surface area contributed by atoms with E-state index in [0.717, 1.165) is 25.7 Å². The van der Waals surface area contributed by atoms with Crippen molar-refractivity contribution in [3.05, 3.63) is 0 Å². The summed E-state index contributed by atoms with van der Waals surface area (Å²) in [6, 6.07) is 0. The van der Waals surface area contributed by atoms with Crippen molar-refractivity contribution in [1.29, 1.82) is 0 Å². The van der Waals surface area contributed by atoms with Gasteiger partial charge in [-0.25, -0.2) is 0 Å². The van der Waals surface area contributed by atoms with Gasteiger partial charge in [0.15, 0.2) is 0 Å². The minimum atomic E-state index is -3.72. The molecule has 0 radical (unpaired) electrons. The fourth-order valence-corrected chi connectivity index (χ4v) is 2.58. The molecule has 0 amide bonds. The molecule has 0 aromatic heterocycles. The second kappa shape index (κ2) is 5.60. The Balaban J connectivity index is 0.00000121. The van der Waals surface area contributed by atoms with Crippen molar-refractivity contribution in [2.75, 3.05) is 5.75 Å². The summed E-state index contributed by atoms with van der Waals surface area (Å²) in [5, 5.41) is 0. The van der Waals surface area contributed by atoms with Crippen molar-refractivity contribution in [1.82, 2.24) is 0 Å². The van der Waals surface area contributed by atoms with Gasteiger partial charge in [-0.05, 0) is 18.8 Å². The number of hydrogen-bond donors (Lipinski definition) is 1. The summed E-state index contributed by atoms with van der Waals surface area (Å²) in [4.78, 5) is 0. The molecule has 0 aromatic rings. The molecule has 1 rings (SSSR count). The van der Waals surface area contributed by atoms with E-state index in [1.807, 2.05) is 0 Å². The minimum absolute atomic E-state index is 0. The summed E-state index contributed by atoms with van der Waals surface area (Å²) in [7, 11) is -3.72. The SMILES string of the molecule is O=S(=O)(O)CC1CCCCC1.[NaH]. The van der Waals surface area contributed by atoms with E-state index in [-0.39, 0.29) is 41.2 Å². The van der Waals surface area contributed by atoms with E-state index in [1.54, 1.807) is 0 Å². The molecular formula is C7H15NaO3S. The van der Waals surface area contributed by atoms with Crippen LogP contribution in [0.1, 0.15) is 32.1 Å². The third-order valence-corrected chi connectivity index (χ3v) is 3.06. The van der Waals surface area contributed by atoms with Crippen LogP contribution in [0.2, 0.25) is 0 Å². The van der Waals surface area contributed by atoms with Crippen molar-refractivity contribution < 1.29 is 13.0 Å². The molecule has 0 heterocycles. The molecule has 0 spiro atoms. The van der Waals surface area contributed by atoms with E-state index in [2.05, 4.69) is 0 Å². The van der Waals surface area contributed by atoms with Crippen LogP contribution < -0.4 is 0 Å². The predicted molar refractivity (Wildman–Crippen MR) is 50.1 cm³/mol. The topological polar surface area (TPSA) is 54.4 Å². The molecular weight excluding hydrogens is 187 g/mol. The third-order valence-electron chi connectivity index (χ3n) is 2.17. The zero-order valence-corrected chi connectivity index (χ0v) is 7.31. The molecule has 1 aliphatic carbocycles. The van der Waals surface area contributed by atoms with Crippen LogP contribution in [0, 0.1) is 5.92 Å². The average molecular weight is 202 g/mol. The Morgan fingerprint density at radius 2 is 1.67 bits per heavy atom. The first-order valence-corrected chi connectivity index (χ1v) is 5.64. The predicted octanol–water partition coefficient (Wildman–Crippen LogP) is 0.806. The van der Waals surface area contributed by atoms with Crippen LogP contribution in [0.4, 0.5) is 0 Å². The number of rotatable bonds is 2. The summed E-state index contributed by atoms with van der Waals surface area (Å²) in [5.74, 6) is 0.172. The van der Waals surface area contributed by atoms with Crippen molar-refractivity contribution in [2.45, 2.75) is 32.1 Å². The zero-order chi connectivity index (χ0) is 8.32. The maximum absolute atomic E-state index is 10.5. The average Bonchev–Trinajstić information content (AvgIpc) is 1.85. The van der Waals surface area contributed by atoms with E-state index >= 15 is 0 Å². The molecule has 0 aromatic carbocycles. The molecule has 1 fully saturated rings. The Bertz CT molecular complexity index is 207. The molecule has 1 aliphatic rings. The van der Waals surface area contributed by atoms with Crippen LogP contribution in [-0.4, -0.2) is 48.3 Å². The molecule has 12 heavy (non-hydrogen) atoms. The van der Waals surface area contributed by atoms with Gasteiger partial charge in [-0.15, -0.1) is 0 Å². The van der Waals surface area contributed by atoms with Crippen molar-refractivity contribution >= 4 is 39.7 Å². The van der Waals surface area contributed by atoms with Gasteiger partial charge in [0.05, 0.1) is 5.75 Å². The van der Waals surface area contributed by atoms with Crippen LogP contribution in [0.25, 0.3) is 0 Å². The van der Waals surface area contributed by atoms with Gasteiger partial charge >= 0.3 is 29.6 Å². The Morgan fingerprint density at radius 1 is 1.17 bits per heavy atom. The first-order chi connectivity index (χ1) is 5.08. The van der Waals surface area contributed by atoms with Crippen LogP contribution in [0.15, 0.2) is 0 Å². The van der Waals surface area contributed by atoms with Crippen LogP contribution in [0.3, 0.4) is 0 Å². The van der Waals surface area contributed by atoms with E-state index in [9.17, 15) is 8.42 Å². The molecule has 0 unspecified atom stereocenters. The van der Waals surface area contributed by atoms with Gasteiger partial charge in [0.25, 0.3) is 10.1 Å². The summed E-state index contributed by atoms with van der Waals surface area (Å²) >= 11 is 0. The third kappa shape index (κ3) is 5.54. The van der Waals surface area contributed by atoms with Crippen LogP contribution >= 0.6 is 0 Å². The molecule has 0 bridgehead atoms. The molecule has 0 aliphatic heterocycles. The molecule has 1 saturated carbocycles. The van der Waals surface area contributed by atoms with Gasteiger partial charge < -0.3 is 0 Å². The Kier molecular flexibility index (Phi) is 6.03. The first-order valence-electron chi connectivity index (χ1n) is 4.03. The van der Waals surface area contributed by atoms with Gasteiger partial charge in [-0.3, -0.25) is 4.55 Å². The van der Waals surface area contributed by atoms with Crippen molar-refractivity contribution in [3.63, 3.8) is 0 Å². The van der Waals surface area contributed by atoms with E-state index in [4.69, 9.17) is 4.55 Å². The maximum atomic E-state index is 10.5. The Hall–Kier alpha value is 0.910. The summed E-state index contributed by atoms with van der Waals surface area (Å²) < 4.78 is 29.5. The van der Waals surface area contributed by atoms with Gasteiger partial charge in [-0.2, -0.15) is 8.42 Å². The fraction of sp³-hybridized carbons (Fsp3) is 1.00. The van der Waals surface area contributed by atoms with Crippen molar-refractivity contribution in [3.8, 4) is 0 Å². The Morgan fingerprint density at radius 3 is 2.08 bits per heavy atom. The second-order valence-corrected chi connectivity index (χ2v) is 4.75. The molecule has 0 atom stereocenters. The quantitative estimate of drug-likeness (QED) is 0.532. The fourth-order valence-electron chi connectivity index (χ4n) is 1.65.